The van der Waals surface area contributed by atoms with E-state index in [1.807, 2.05) is 24.3 Å². The Hall–Kier alpha value is -0.780. The van der Waals surface area contributed by atoms with E-state index in [1.54, 1.807) is 6.92 Å². The summed E-state index contributed by atoms with van der Waals surface area (Å²) in [7, 11) is 0. The summed E-state index contributed by atoms with van der Waals surface area (Å²) in [6.07, 6.45) is 1.32. The van der Waals surface area contributed by atoms with Gasteiger partial charge in [-0.15, -0.1) is 12.4 Å². The highest BCUT2D eigenvalue weighted by Gasteiger charge is 2.13. The number of ether oxygens (including phenoxy) is 1. The van der Waals surface area contributed by atoms with Crippen molar-refractivity contribution < 1.29 is 9.53 Å². The number of amides is 1. The molecule has 1 amide bonds. The number of halogens is 2. The Labute approximate surface area is 128 Å². The van der Waals surface area contributed by atoms with Gasteiger partial charge in [0.2, 0.25) is 0 Å². The minimum Gasteiger partial charge on any atom is -0.481 e. The van der Waals surface area contributed by atoms with E-state index in [9.17, 15) is 4.79 Å². The molecule has 0 aliphatic carbocycles. The molecule has 1 aromatic rings. The maximum atomic E-state index is 11.7. The van der Waals surface area contributed by atoms with Crippen LogP contribution in [0.5, 0.6) is 5.75 Å². The van der Waals surface area contributed by atoms with E-state index in [0.717, 1.165) is 17.3 Å². The molecule has 0 heterocycles. The summed E-state index contributed by atoms with van der Waals surface area (Å²) in [5.74, 6) is 0.581. The molecule has 0 spiro atoms. The topological polar surface area (TPSA) is 64.3 Å². The van der Waals surface area contributed by atoms with E-state index >= 15 is 0 Å². The molecule has 0 aliphatic rings. The van der Waals surface area contributed by atoms with E-state index < -0.39 is 6.10 Å². The second-order valence-corrected chi connectivity index (χ2v) is 4.92. The molecule has 0 saturated carbocycles. The highest BCUT2D eigenvalue weighted by molar-refractivity contribution is 9.10. The van der Waals surface area contributed by atoms with Gasteiger partial charge in [-0.05, 0) is 50.6 Å². The number of benzene rings is 1. The monoisotopic (exact) mass is 350 g/mol. The number of nitrogens with two attached hydrogens (primary N) is 1. The van der Waals surface area contributed by atoms with Crippen molar-refractivity contribution in [1.82, 2.24) is 5.32 Å². The minimum atomic E-state index is -0.496. The molecular formula is C13H20BrClN2O2. The lowest BCUT2D eigenvalue weighted by Gasteiger charge is -2.14. The largest absolute Gasteiger partial charge is 0.481 e. The number of nitrogens with one attached hydrogen (secondary N) is 1. The van der Waals surface area contributed by atoms with Gasteiger partial charge < -0.3 is 15.8 Å². The lowest BCUT2D eigenvalue weighted by atomic mass is 10.3. The van der Waals surface area contributed by atoms with Gasteiger partial charge >= 0.3 is 0 Å². The zero-order valence-electron chi connectivity index (χ0n) is 10.9. The van der Waals surface area contributed by atoms with Crippen molar-refractivity contribution in [2.45, 2.75) is 25.9 Å². The molecule has 6 heteroatoms. The second kappa shape index (κ2) is 10.1. The predicted octanol–water partition coefficient (Wildman–Crippen LogP) is 2.49. The molecule has 108 valence electrons. The van der Waals surface area contributed by atoms with E-state index in [4.69, 9.17) is 10.5 Å². The van der Waals surface area contributed by atoms with Crippen molar-refractivity contribution in [2.24, 2.45) is 5.73 Å². The van der Waals surface area contributed by atoms with Crippen molar-refractivity contribution in [3.05, 3.63) is 28.7 Å². The van der Waals surface area contributed by atoms with Gasteiger partial charge in [0.25, 0.3) is 5.91 Å². The fraction of sp³-hybridized carbons (Fsp3) is 0.462. The third-order valence-electron chi connectivity index (χ3n) is 2.43. The number of carbonyl (C=O) groups is 1. The molecule has 1 rings (SSSR count). The van der Waals surface area contributed by atoms with Crippen LogP contribution in [0.1, 0.15) is 19.8 Å². The quantitative estimate of drug-likeness (QED) is 0.742. The summed E-state index contributed by atoms with van der Waals surface area (Å²) in [4.78, 5) is 11.7. The first-order valence-corrected chi connectivity index (χ1v) is 6.83. The normalized spacial score (nSPS) is 11.3. The van der Waals surface area contributed by atoms with Gasteiger partial charge in [-0.25, -0.2) is 0 Å². The number of carbonyl (C=O) groups excluding carboxylic acids is 1. The van der Waals surface area contributed by atoms with Crippen LogP contribution in [-0.4, -0.2) is 25.1 Å². The highest BCUT2D eigenvalue weighted by Crippen LogP contribution is 2.17. The summed E-state index contributed by atoms with van der Waals surface area (Å²) in [6.45, 7) is 3.03. The smallest absolute Gasteiger partial charge is 0.260 e. The van der Waals surface area contributed by atoms with Crippen molar-refractivity contribution in [2.75, 3.05) is 13.1 Å². The molecule has 0 fully saturated rings. The van der Waals surface area contributed by atoms with E-state index in [0.29, 0.717) is 18.8 Å². The number of unbranched alkanes of at least 4 members (excludes halogenated alkanes) is 1. The summed E-state index contributed by atoms with van der Waals surface area (Å²) in [5, 5.41) is 2.82. The van der Waals surface area contributed by atoms with Crippen LogP contribution in [0, 0.1) is 0 Å². The summed E-state index contributed by atoms with van der Waals surface area (Å²) in [6, 6.07) is 7.40. The lowest BCUT2D eigenvalue weighted by molar-refractivity contribution is -0.127. The molecule has 0 aliphatic heterocycles. The van der Waals surface area contributed by atoms with Gasteiger partial charge in [0.15, 0.2) is 6.10 Å². The number of hydrogen-bond donors (Lipinski definition) is 2. The minimum absolute atomic E-state index is 0. The first-order chi connectivity index (χ1) is 8.63. The predicted molar refractivity (Wildman–Crippen MR) is 82.8 cm³/mol. The Bertz CT molecular complexity index is 373. The molecule has 0 bridgehead atoms. The molecule has 1 unspecified atom stereocenters. The zero-order chi connectivity index (χ0) is 13.4. The zero-order valence-corrected chi connectivity index (χ0v) is 13.3. The van der Waals surface area contributed by atoms with Crippen molar-refractivity contribution >= 4 is 34.2 Å². The molecule has 3 N–H and O–H groups in total. The van der Waals surface area contributed by atoms with Gasteiger partial charge in [-0.2, -0.15) is 0 Å². The summed E-state index contributed by atoms with van der Waals surface area (Å²) in [5.41, 5.74) is 5.38. The van der Waals surface area contributed by atoms with Crippen LogP contribution >= 0.6 is 28.3 Å². The molecule has 0 aromatic heterocycles. The first-order valence-electron chi connectivity index (χ1n) is 6.03. The first kappa shape index (κ1) is 18.2. The maximum Gasteiger partial charge on any atom is 0.260 e. The number of hydrogen-bond acceptors (Lipinski definition) is 3. The van der Waals surface area contributed by atoms with Crippen LogP contribution in [0.4, 0.5) is 0 Å². The molecule has 0 saturated heterocycles. The average Bonchev–Trinajstić information content (AvgIpc) is 2.37. The maximum absolute atomic E-state index is 11.7. The van der Waals surface area contributed by atoms with Crippen LogP contribution < -0.4 is 15.8 Å². The van der Waals surface area contributed by atoms with Gasteiger partial charge in [0, 0.05) is 11.0 Å². The molecule has 1 atom stereocenters. The van der Waals surface area contributed by atoms with Gasteiger partial charge in [-0.1, -0.05) is 15.9 Å². The SMILES string of the molecule is CC(Oc1ccc(Br)cc1)C(=O)NCCCCN.Cl. The molecular weight excluding hydrogens is 332 g/mol. The Balaban J connectivity index is 0.00000324. The third-order valence-corrected chi connectivity index (χ3v) is 2.95. The summed E-state index contributed by atoms with van der Waals surface area (Å²) >= 11 is 3.34. The standard InChI is InChI=1S/C13H19BrN2O2.ClH/c1-10(13(17)16-9-3-2-8-15)18-12-6-4-11(14)5-7-12;/h4-7,10H,2-3,8-9,15H2,1H3,(H,16,17);1H. The second-order valence-electron chi connectivity index (χ2n) is 4.00. The summed E-state index contributed by atoms with van der Waals surface area (Å²) < 4.78 is 6.51. The molecule has 0 radical (unpaired) electrons. The van der Waals surface area contributed by atoms with E-state index in [2.05, 4.69) is 21.2 Å². The van der Waals surface area contributed by atoms with E-state index in [1.165, 1.54) is 0 Å². The molecule has 4 nitrogen and oxygen atoms in total. The Kier molecular flexibility index (Phi) is 9.65. The van der Waals surface area contributed by atoms with Gasteiger partial charge in [-0.3, -0.25) is 4.79 Å². The van der Waals surface area contributed by atoms with Crippen molar-refractivity contribution in [3.8, 4) is 5.75 Å². The van der Waals surface area contributed by atoms with Crippen molar-refractivity contribution in [1.29, 1.82) is 0 Å². The third kappa shape index (κ3) is 7.40. The van der Waals surface area contributed by atoms with Crippen LogP contribution in [0.3, 0.4) is 0 Å². The Morgan fingerprint density at radius 1 is 1.37 bits per heavy atom. The van der Waals surface area contributed by atoms with Gasteiger partial charge in [0.05, 0.1) is 0 Å². The highest BCUT2D eigenvalue weighted by atomic mass is 79.9. The Morgan fingerprint density at radius 2 is 2.00 bits per heavy atom. The van der Waals surface area contributed by atoms with Crippen LogP contribution in [0.15, 0.2) is 28.7 Å². The fourth-order valence-corrected chi connectivity index (χ4v) is 1.66. The Morgan fingerprint density at radius 3 is 2.58 bits per heavy atom. The van der Waals surface area contributed by atoms with E-state index in [-0.39, 0.29) is 18.3 Å². The lowest BCUT2D eigenvalue weighted by Crippen LogP contribution is -2.36. The molecule has 1 aromatic carbocycles. The van der Waals surface area contributed by atoms with Gasteiger partial charge in [0.1, 0.15) is 5.75 Å². The van der Waals surface area contributed by atoms with Crippen LogP contribution in [0.25, 0.3) is 0 Å². The fourth-order valence-electron chi connectivity index (χ4n) is 1.40. The van der Waals surface area contributed by atoms with Crippen LogP contribution in [0.2, 0.25) is 0 Å². The molecule has 19 heavy (non-hydrogen) atoms. The number of rotatable bonds is 7. The average molecular weight is 352 g/mol. The van der Waals surface area contributed by atoms with Crippen LogP contribution in [-0.2, 0) is 4.79 Å². The van der Waals surface area contributed by atoms with Crippen molar-refractivity contribution in [3.63, 3.8) is 0 Å².